The van der Waals surface area contributed by atoms with Crippen molar-refractivity contribution in [3.05, 3.63) is 29.8 Å². The maximum absolute atomic E-state index is 12.1. The van der Waals surface area contributed by atoms with Gasteiger partial charge in [-0.15, -0.1) is 0 Å². The predicted molar refractivity (Wildman–Crippen MR) is 71.9 cm³/mol. The van der Waals surface area contributed by atoms with Crippen LogP contribution in [0.25, 0.3) is 0 Å². The summed E-state index contributed by atoms with van der Waals surface area (Å²) in [6.07, 6.45) is 0. The molecule has 1 heterocycles. The number of oxime groups is 1. The van der Waals surface area contributed by atoms with Gasteiger partial charge in [-0.25, -0.2) is 4.79 Å². The Labute approximate surface area is 111 Å². The maximum atomic E-state index is 12.1. The monoisotopic (exact) mass is 263 g/mol. The van der Waals surface area contributed by atoms with Crippen LogP contribution in [0.2, 0.25) is 0 Å². The van der Waals surface area contributed by atoms with Crippen LogP contribution in [0, 0.1) is 0 Å². The number of ether oxygens (including phenoxy) is 1. The van der Waals surface area contributed by atoms with Gasteiger partial charge in [0.05, 0.1) is 24.6 Å². The van der Waals surface area contributed by atoms with E-state index in [1.54, 1.807) is 24.0 Å². The molecule has 1 aliphatic rings. The van der Waals surface area contributed by atoms with Gasteiger partial charge < -0.3 is 20.2 Å². The Morgan fingerprint density at radius 1 is 1.37 bits per heavy atom. The molecule has 0 unspecified atom stereocenters. The summed E-state index contributed by atoms with van der Waals surface area (Å²) in [6.45, 7) is 3.97. The normalized spacial score (nSPS) is 16.3. The van der Waals surface area contributed by atoms with Crippen molar-refractivity contribution < 1.29 is 14.7 Å². The zero-order chi connectivity index (χ0) is 13.7. The molecule has 1 aromatic carbocycles. The molecule has 1 aromatic rings. The van der Waals surface area contributed by atoms with Crippen molar-refractivity contribution in [2.24, 2.45) is 5.16 Å². The van der Waals surface area contributed by atoms with Crippen LogP contribution >= 0.6 is 0 Å². The molecule has 0 bridgehead atoms. The van der Waals surface area contributed by atoms with Crippen molar-refractivity contribution in [3.63, 3.8) is 0 Å². The average Bonchev–Trinajstić information content (AvgIpc) is 2.48. The molecule has 1 saturated heterocycles. The highest BCUT2D eigenvalue weighted by Gasteiger charge is 2.18. The zero-order valence-corrected chi connectivity index (χ0v) is 10.8. The number of benzene rings is 1. The van der Waals surface area contributed by atoms with Gasteiger partial charge in [0, 0.05) is 18.7 Å². The SMILES string of the molecule is CC(=NO)c1ccccc1NC(=O)N1CCOCC1. The van der Waals surface area contributed by atoms with Crippen LogP contribution in [0.1, 0.15) is 12.5 Å². The molecule has 2 rings (SSSR count). The number of rotatable bonds is 2. The first-order valence-corrected chi connectivity index (χ1v) is 6.14. The molecular weight excluding hydrogens is 246 g/mol. The second-order valence-electron chi connectivity index (χ2n) is 4.26. The van der Waals surface area contributed by atoms with Gasteiger partial charge in [0.15, 0.2) is 0 Å². The van der Waals surface area contributed by atoms with Crippen LogP contribution in [0.4, 0.5) is 10.5 Å². The Bertz CT molecular complexity index is 482. The fraction of sp³-hybridized carbons (Fsp3) is 0.385. The highest BCUT2D eigenvalue weighted by molar-refractivity contribution is 6.06. The molecule has 0 atom stereocenters. The van der Waals surface area contributed by atoms with E-state index >= 15 is 0 Å². The molecule has 0 radical (unpaired) electrons. The van der Waals surface area contributed by atoms with E-state index in [9.17, 15) is 4.79 Å². The Hall–Kier alpha value is -2.08. The topological polar surface area (TPSA) is 74.2 Å². The average molecular weight is 263 g/mol. The number of morpholine rings is 1. The predicted octanol–water partition coefficient (Wildman–Crippen LogP) is 1.75. The lowest BCUT2D eigenvalue weighted by molar-refractivity contribution is 0.0564. The standard InChI is InChI=1S/C13H17N3O3/c1-10(15-18)11-4-2-3-5-12(11)14-13(17)16-6-8-19-9-7-16/h2-5,18H,6-9H2,1H3,(H,14,17). The van der Waals surface area contributed by atoms with Gasteiger partial charge in [-0.05, 0) is 13.0 Å². The number of para-hydroxylation sites is 1. The van der Waals surface area contributed by atoms with Gasteiger partial charge in [0.25, 0.3) is 0 Å². The van der Waals surface area contributed by atoms with Gasteiger partial charge in [-0.1, -0.05) is 23.4 Å². The van der Waals surface area contributed by atoms with Crippen molar-refractivity contribution in [3.8, 4) is 0 Å². The third kappa shape index (κ3) is 3.23. The molecule has 19 heavy (non-hydrogen) atoms. The second-order valence-corrected chi connectivity index (χ2v) is 4.26. The first-order valence-electron chi connectivity index (χ1n) is 6.14. The van der Waals surface area contributed by atoms with E-state index in [1.165, 1.54) is 0 Å². The Morgan fingerprint density at radius 3 is 2.74 bits per heavy atom. The minimum Gasteiger partial charge on any atom is -0.411 e. The summed E-state index contributed by atoms with van der Waals surface area (Å²) in [7, 11) is 0. The lowest BCUT2D eigenvalue weighted by atomic mass is 10.1. The van der Waals surface area contributed by atoms with Crippen molar-refractivity contribution in [1.29, 1.82) is 0 Å². The quantitative estimate of drug-likeness (QED) is 0.485. The van der Waals surface area contributed by atoms with Crippen molar-refractivity contribution in [1.82, 2.24) is 4.90 Å². The number of amides is 2. The van der Waals surface area contributed by atoms with Crippen LogP contribution in [0.15, 0.2) is 29.4 Å². The smallest absolute Gasteiger partial charge is 0.322 e. The highest BCUT2D eigenvalue weighted by Crippen LogP contribution is 2.17. The van der Waals surface area contributed by atoms with E-state index in [0.29, 0.717) is 43.3 Å². The highest BCUT2D eigenvalue weighted by atomic mass is 16.5. The fourth-order valence-corrected chi connectivity index (χ4v) is 1.92. The lowest BCUT2D eigenvalue weighted by Crippen LogP contribution is -2.43. The van der Waals surface area contributed by atoms with Crippen LogP contribution < -0.4 is 5.32 Å². The Kier molecular flexibility index (Phi) is 4.35. The number of carbonyl (C=O) groups excluding carboxylic acids is 1. The number of urea groups is 1. The molecule has 1 fully saturated rings. The van der Waals surface area contributed by atoms with Gasteiger partial charge in [-0.2, -0.15) is 0 Å². The van der Waals surface area contributed by atoms with Crippen LogP contribution in [-0.4, -0.2) is 48.2 Å². The number of nitrogens with zero attached hydrogens (tertiary/aromatic N) is 2. The molecule has 2 N–H and O–H groups in total. The van der Waals surface area contributed by atoms with Crippen molar-refractivity contribution in [2.45, 2.75) is 6.92 Å². The molecule has 0 aliphatic carbocycles. The summed E-state index contributed by atoms with van der Waals surface area (Å²) < 4.78 is 5.21. The Morgan fingerprint density at radius 2 is 2.05 bits per heavy atom. The number of nitrogens with one attached hydrogen (secondary N) is 1. The molecule has 6 heteroatoms. The fourth-order valence-electron chi connectivity index (χ4n) is 1.92. The molecular formula is C13H17N3O3. The lowest BCUT2D eigenvalue weighted by Gasteiger charge is -2.27. The second kappa shape index (κ2) is 6.19. The van der Waals surface area contributed by atoms with E-state index < -0.39 is 0 Å². The number of hydrogen-bond donors (Lipinski definition) is 2. The summed E-state index contributed by atoms with van der Waals surface area (Å²) in [5, 5.41) is 14.8. The summed E-state index contributed by atoms with van der Waals surface area (Å²) in [5.74, 6) is 0. The first-order chi connectivity index (χ1) is 9.22. The molecule has 0 saturated carbocycles. The van der Waals surface area contributed by atoms with Gasteiger partial charge in [0.2, 0.25) is 0 Å². The summed E-state index contributed by atoms with van der Waals surface area (Å²) in [6, 6.07) is 7.06. The van der Waals surface area contributed by atoms with E-state index in [2.05, 4.69) is 10.5 Å². The van der Waals surface area contributed by atoms with Gasteiger partial charge in [0.1, 0.15) is 0 Å². The third-order valence-electron chi connectivity index (χ3n) is 3.01. The molecule has 2 amide bonds. The van der Waals surface area contributed by atoms with Crippen molar-refractivity contribution >= 4 is 17.4 Å². The zero-order valence-electron chi connectivity index (χ0n) is 10.8. The minimum atomic E-state index is -0.165. The maximum Gasteiger partial charge on any atom is 0.322 e. The summed E-state index contributed by atoms with van der Waals surface area (Å²) >= 11 is 0. The van der Waals surface area contributed by atoms with E-state index in [4.69, 9.17) is 9.94 Å². The van der Waals surface area contributed by atoms with Crippen LogP contribution in [0.5, 0.6) is 0 Å². The minimum absolute atomic E-state index is 0.165. The van der Waals surface area contributed by atoms with Crippen LogP contribution in [-0.2, 0) is 4.74 Å². The summed E-state index contributed by atoms with van der Waals surface area (Å²) in [4.78, 5) is 13.8. The molecule has 0 spiro atoms. The molecule has 6 nitrogen and oxygen atoms in total. The van der Waals surface area contributed by atoms with E-state index in [-0.39, 0.29) is 6.03 Å². The summed E-state index contributed by atoms with van der Waals surface area (Å²) in [5.41, 5.74) is 1.79. The number of carbonyl (C=O) groups is 1. The first kappa shape index (κ1) is 13.4. The molecule has 1 aliphatic heterocycles. The third-order valence-corrected chi connectivity index (χ3v) is 3.01. The Balaban J connectivity index is 2.12. The van der Waals surface area contributed by atoms with Crippen molar-refractivity contribution in [2.75, 3.05) is 31.6 Å². The largest absolute Gasteiger partial charge is 0.411 e. The van der Waals surface area contributed by atoms with Gasteiger partial charge in [-0.3, -0.25) is 0 Å². The van der Waals surface area contributed by atoms with Crippen LogP contribution in [0.3, 0.4) is 0 Å². The number of hydrogen-bond acceptors (Lipinski definition) is 4. The molecule has 102 valence electrons. The van der Waals surface area contributed by atoms with E-state index in [1.807, 2.05) is 12.1 Å². The molecule has 0 aromatic heterocycles. The van der Waals surface area contributed by atoms with E-state index in [0.717, 1.165) is 0 Å². The van der Waals surface area contributed by atoms with Gasteiger partial charge >= 0.3 is 6.03 Å². The number of anilines is 1.